The van der Waals surface area contributed by atoms with Gasteiger partial charge in [0.1, 0.15) is 11.6 Å². The van der Waals surface area contributed by atoms with Gasteiger partial charge in [-0.05, 0) is 18.2 Å². The quantitative estimate of drug-likeness (QED) is 0.689. The predicted octanol–water partition coefficient (Wildman–Crippen LogP) is 2.32. The zero-order chi connectivity index (χ0) is 8.55. The van der Waals surface area contributed by atoms with Crippen LogP contribution in [0, 0.1) is 5.82 Å². The van der Waals surface area contributed by atoms with E-state index in [-0.39, 0.29) is 5.82 Å². The maximum absolute atomic E-state index is 12.7. The van der Waals surface area contributed by atoms with Crippen LogP contribution in [0.15, 0.2) is 24.4 Å². The van der Waals surface area contributed by atoms with Crippen molar-refractivity contribution in [3.8, 4) is 5.75 Å². The van der Waals surface area contributed by atoms with Crippen LogP contribution in [0.25, 0.3) is 10.9 Å². The molecule has 1 heterocycles. The number of H-pyrrole nitrogens is 1. The highest BCUT2D eigenvalue weighted by atomic mass is 19.1. The molecule has 2 nitrogen and oxygen atoms in total. The van der Waals surface area contributed by atoms with Gasteiger partial charge in [-0.2, -0.15) is 0 Å². The van der Waals surface area contributed by atoms with Crippen molar-refractivity contribution in [2.75, 3.05) is 7.11 Å². The minimum Gasteiger partial charge on any atom is -0.495 e. The number of hydrogen-bond donors (Lipinski definition) is 1. The van der Waals surface area contributed by atoms with Gasteiger partial charge in [-0.25, -0.2) is 4.39 Å². The zero-order valence-corrected chi connectivity index (χ0v) is 6.60. The van der Waals surface area contributed by atoms with Gasteiger partial charge in [-0.1, -0.05) is 0 Å². The third-order valence-electron chi connectivity index (χ3n) is 1.83. The minimum absolute atomic E-state index is 0.244. The Labute approximate surface area is 69.0 Å². The molecule has 0 unspecified atom stereocenters. The third kappa shape index (κ3) is 0.942. The van der Waals surface area contributed by atoms with Crippen molar-refractivity contribution in [2.45, 2.75) is 0 Å². The molecule has 0 saturated carbocycles. The molecule has 1 aromatic heterocycles. The largest absolute Gasteiger partial charge is 0.495 e. The van der Waals surface area contributed by atoms with Crippen LogP contribution in [0.4, 0.5) is 4.39 Å². The van der Waals surface area contributed by atoms with E-state index in [1.807, 2.05) is 0 Å². The van der Waals surface area contributed by atoms with Gasteiger partial charge in [0.15, 0.2) is 0 Å². The van der Waals surface area contributed by atoms with Crippen LogP contribution in [0.2, 0.25) is 0 Å². The van der Waals surface area contributed by atoms with Crippen molar-refractivity contribution in [2.24, 2.45) is 0 Å². The summed E-state index contributed by atoms with van der Waals surface area (Å²) in [5.74, 6) is 0.497. The van der Waals surface area contributed by atoms with Crippen molar-refractivity contribution in [3.05, 3.63) is 30.2 Å². The second-order valence-corrected chi connectivity index (χ2v) is 2.55. The summed E-state index contributed by atoms with van der Waals surface area (Å²) in [6.07, 6.45) is 1.71. The van der Waals surface area contributed by atoms with E-state index in [9.17, 15) is 4.39 Å². The van der Waals surface area contributed by atoms with E-state index in [4.69, 9.17) is 4.74 Å². The molecule has 3 heteroatoms. The van der Waals surface area contributed by atoms with Crippen molar-refractivity contribution in [1.82, 2.24) is 4.98 Å². The lowest BCUT2D eigenvalue weighted by Crippen LogP contribution is -1.79. The van der Waals surface area contributed by atoms with Crippen LogP contribution in [0.5, 0.6) is 5.75 Å². The summed E-state index contributed by atoms with van der Waals surface area (Å²) in [7, 11) is 1.59. The first-order valence-corrected chi connectivity index (χ1v) is 3.62. The molecule has 0 atom stereocenters. The van der Waals surface area contributed by atoms with Crippen LogP contribution in [0.3, 0.4) is 0 Å². The van der Waals surface area contributed by atoms with Crippen LogP contribution in [0.1, 0.15) is 0 Å². The number of rotatable bonds is 1. The highest BCUT2D eigenvalue weighted by Gasteiger charge is 2.02. The molecule has 0 aliphatic heterocycles. The molecular weight excluding hydrogens is 157 g/mol. The summed E-state index contributed by atoms with van der Waals surface area (Å²) in [4.78, 5) is 2.91. The maximum Gasteiger partial charge on any atom is 0.144 e. The monoisotopic (exact) mass is 165 g/mol. The Hall–Kier alpha value is -1.51. The molecular formula is C9H8FNO. The maximum atomic E-state index is 12.7. The predicted molar refractivity (Wildman–Crippen MR) is 44.8 cm³/mol. The molecule has 0 bridgehead atoms. The number of hydrogen-bond acceptors (Lipinski definition) is 1. The number of halogens is 1. The molecule has 2 rings (SSSR count). The van der Waals surface area contributed by atoms with Crippen molar-refractivity contribution in [1.29, 1.82) is 0 Å². The van der Waals surface area contributed by atoms with Gasteiger partial charge in [-0.3, -0.25) is 0 Å². The Balaban J connectivity index is 2.73. The Morgan fingerprint density at radius 2 is 2.25 bits per heavy atom. The van der Waals surface area contributed by atoms with Gasteiger partial charge in [0.05, 0.1) is 12.6 Å². The topological polar surface area (TPSA) is 25.0 Å². The van der Waals surface area contributed by atoms with E-state index in [2.05, 4.69) is 4.98 Å². The fraction of sp³-hybridized carbons (Fsp3) is 0.111. The van der Waals surface area contributed by atoms with E-state index < -0.39 is 0 Å². The summed E-state index contributed by atoms with van der Waals surface area (Å²) in [6.45, 7) is 0. The number of aromatic nitrogens is 1. The average Bonchev–Trinajstić information content (AvgIpc) is 2.46. The van der Waals surface area contributed by atoms with Gasteiger partial charge in [0.2, 0.25) is 0 Å². The van der Waals surface area contributed by atoms with Crippen molar-refractivity contribution < 1.29 is 9.13 Å². The van der Waals surface area contributed by atoms with Crippen LogP contribution in [-0.4, -0.2) is 12.1 Å². The smallest absolute Gasteiger partial charge is 0.144 e. The second-order valence-electron chi connectivity index (χ2n) is 2.55. The molecule has 12 heavy (non-hydrogen) atoms. The normalized spacial score (nSPS) is 10.5. The fourth-order valence-electron chi connectivity index (χ4n) is 1.24. The summed E-state index contributed by atoms with van der Waals surface area (Å²) in [5.41, 5.74) is 0.756. The standard InChI is InChI=1S/C9H8FNO/c1-12-9-5-11-8-4-6(10)2-3-7(8)9/h2-5,11H,1H3. The molecule has 0 spiro atoms. The molecule has 0 amide bonds. The molecule has 0 fully saturated rings. The van der Waals surface area contributed by atoms with Gasteiger partial charge in [0, 0.05) is 11.6 Å². The Bertz CT molecular complexity index is 408. The molecule has 0 saturated heterocycles. The highest BCUT2D eigenvalue weighted by molar-refractivity contribution is 5.85. The van der Waals surface area contributed by atoms with Gasteiger partial charge in [0.25, 0.3) is 0 Å². The first-order valence-electron chi connectivity index (χ1n) is 3.62. The van der Waals surface area contributed by atoms with Crippen LogP contribution < -0.4 is 4.74 Å². The molecule has 0 radical (unpaired) electrons. The number of fused-ring (bicyclic) bond motifs is 1. The molecule has 0 aliphatic carbocycles. The van der Waals surface area contributed by atoms with E-state index in [1.165, 1.54) is 12.1 Å². The average molecular weight is 165 g/mol. The van der Waals surface area contributed by atoms with E-state index >= 15 is 0 Å². The number of aromatic amines is 1. The lowest BCUT2D eigenvalue weighted by atomic mass is 10.2. The van der Waals surface area contributed by atoms with Crippen LogP contribution in [-0.2, 0) is 0 Å². The zero-order valence-electron chi connectivity index (χ0n) is 6.60. The lowest BCUT2D eigenvalue weighted by Gasteiger charge is -1.94. The molecule has 2 aromatic rings. The number of nitrogens with one attached hydrogen (secondary N) is 1. The summed E-state index contributed by atoms with van der Waals surface area (Å²) < 4.78 is 17.7. The number of methoxy groups -OCH3 is 1. The third-order valence-corrected chi connectivity index (χ3v) is 1.83. The summed E-state index contributed by atoms with van der Waals surface area (Å²) in [6, 6.07) is 4.55. The number of ether oxygens (including phenoxy) is 1. The Morgan fingerprint density at radius 1 is 1.42 bits per heavy atom. The lowest BCUT2D eigenvalue weighted by molar-refractivity contribution is 0.419. The first-order chi connectivity index (χ1) is 5.81. The molecule has 1 aromatic carbocycles. The summed E-state index contributed by atoms with van der Waals surface area (Å²) in [5, 5.41) is 0.902. The van der Waals surface area contributed by atoms with Gasteiger partial charge in [-0.15, -0.1) is 0 Å². The molecule has 1 N–H and O–H groups in total. The van der Waals surface area contributed by atoms with Gasteiger partial charge < -0.3 is 9.72 Å². The summed E-state index contributed by atoms with van der Waals surface area (Å²) >= 11 is 0. The van der Waals surface area contributed by atoms with Crippen molar-refractivity contribution >= 4 is 10.9 Å². The fourth-order valence-corrected chi connectivity index (χ4v) is 1.24. The van der Waals surface area contributed by atoms with Gasteiger partial charge >= 0.3 is 0 Å². The second kappa shape index (κ2) is 2.52. The number of benzene rings is 1. The van der Waals surface area contributed by atoms with Crippen LogP contribution >= 0.6 is 0 Å². The molecule has 62 valence electrons. The Morgan fingerprint density at radius 3 is 3.00 bits per heavy atom. The SMILES string of the molecule is COc1c[nH]c2cc(F)ccc12. The first kappa shape index (κ1) is 7.16. The van der Waals surface area contributed by atoms with E-state index in [1.54, 1.807) is 19.4 Å². The Kier molecular flexibility index (Phi) is 1.50. The molecule has 0 aliphatic rings. The minimum atomic E-state index is -0.244. The van der Waals surface area contributed by atoms with Crippen molar-refractivity contribution in [3.63, 3.8) is 0 Å². The highest BCUT2D eigenvalue weighted by Crippen LogP contribution is 2.24. The van der Waals surface area contributed by atoms with E-state index in [0.717, 1.165) is 16.7 Å². The van der Waals surface area contributed by atoms with E-state index in [0.29, 0.717) is 0 Å².